The number of fused-ring (bicyclic) bond motifs is 1. The maximum absolute atomic E-state index is 13.6. The lowest BCUT2D eigenvalue weighted by Crippen LogP contribution is -2.37. The number of carbonyl (C=O) groups excluding carboxylic acids is 2. The predicted octanol–water partition coefficient (Wildman–Crippen LogP) is 5.03. The summed E-state index contributed by atoms with van der Waals surface area (Å²) in [6.45, 7) is 7.48. The van der Waals surface area contributed by atoms with Crippen LogP contribution in [0.4, 0.5) is 5.69 Å². The van der Waals surface area contributed by atoms with Crippen molar-refractivity contribution in [3.8, 4) is 0 Å². The molecule has 0 N–H and O–H groups in total. The molecule has 2 amide bonds. The molecule has 2 heterocycles. The topological polar surface area (TPSA) is 40.6 Å². The number of carbonyl (C=O) groups is 2. The second-order valence-corrected chi connectivity index (χ2v) is 8.38. The Morgan fingerprint density at radius 1 is 0.933 bits per heavy atom. The molecule has 2 aliphatic rings. The maximum Gasteiger partial charge on any atom is 0.278 e. The second kappa shape index (κ2) is 8.47. The summed E-state index contributed by atoms with van der Waals surface area (Å²) in [7, 11) is 0. The zero-order valence-corrected chi connectivity index (χ0v) is 18.2. The molecule has 2 aromatic carbocycles. The monoisotopic (exact) mass is 402 g/mol. The molecule has 0 radical (unpaired) electrons. The van der Waals surface area contributed by atoms with E-state index >= 15 is 0 Å². The van der Waals surface area contributed by atoms with Crippen LogP contribution in [0.1, 0.15) is 54.9 Å². The van der Waals surface area contributed by atoms with E-state index in [9.17, 15) is 9.59 Å². The van der Waals surface area contributed by atoms with Crippen LogP contribution in [0.15, 0.2) is 48.2 Å². The number of aryl methyl sites for hydroxylation is 3. The highest BCUT2D eigenvalue weighted by molar-refractivity contribution is 6.36. The molecule has 2 aliphatic heterocycles. The third-order valence-corrected chi connectivity index (χ3v) is 6.30. The van der Waals surface area contributed by atoms with Gasteiger partial charge in [-0.25, -0.2) is 0 Å². The third-order valence-electron chi connectivity index (χ3n) is 6.30. The molecule has 0 saturated carbocycles. The minimum absolute atomic E-state index is 0.152. The highest BCUT2D eigenvalue weighted by atomic mass is 16.2. The van der Waals surface area contributed by atoms with Crippen LogP contribution in [-0.2, 0) is 16.0 Å². The van der Waals surface area contributed by atoms with Gasteiger partial charge in [-0.3, -0.25) is 14.5 Å². The van der Waals surface area contributed by atoms with Crippen LogP contribution >= 0.6 is 0 Å². The highest BCUT2D eigenvalue weighted by Gasteiger charge is 2.42. The first-order valence-electron chi connectivity index (χ1n) is 11.1. The van der Waals surface area contributed by atoms with Crippen molar-refractivity contribution in [2.24, 2.45) is 0 Å². The minimum atomic E-state index is -0.155. The van der Waals surface area contributed by atoms with Crippen molar-refractivity contribution in [2.45, 2.75) is 52.9 Å². The molecule has 4 nitrogen and oxygen atoms in total. The molecule has 0 aliphatic carbocycles. The van der Waals surface area contributed by atoms with Gasteiger partial charge in [-0.05, 0) is 61.4 Å². The Labute approximate surface area is 179 Å². The van der Waals surface area contributed by atoms with Gasteiger partial charge in [0.1, 0.15) is 5.70 Å². The predicted molar refractivity (Wildman–Crippen MR) is 121 cm³/mol. The van der Waals surface area contributed by atoms with Gasteiger partial charge in [-0.1, -0.05) is 56.2 Å². The van der Waals surface area contributed by atoms with E-state index in [1.165, 1.54) is 16.0 Å². The van der Waals surface area contributed by atoms with E-state index in [-0.39, 0.29) is 11.8 Å². The summed E-state index contributed by atoms with van der Waals surface area (Å²) in [5.41, 5.74) is 6.54. The standard InChI is InChI=1S/C26H30N2O2/c1-4-5-8-15-28-25(29)23(21-14-13-18(2)19(3)17-21)24(26(28)30)27-16-9-11-20-10-6-7-12-22(20)27/h6-7,10,12-14,17H,4-5,8-9,11,15-16H2,1-3H3. The first-order chi connectivity index (χ1) is 14.5. The van der Waals surface area contributed by atoms with E-state index in [1.807, 2.05) is 30.3 Å². The van der Waals surface area contributed by atoms with Gasteiger partial charge in [0, 0.05) is 18.8 Å². The normalized spacial score (nSPS) is 16.5. The van der Waals surface area contributed by atoms with E-state index in [2.05, 4.69) is 37.8 Å². The lowest BCUT2D eigenvalue weighted by Gasteiger charge is -2.32. The molecule has 156 valence electrons. The molecule has 0 atom stereocenters. The summed E-state index contributed by atoms with van der Waals surface area (Å²) >= 11 is 0. The van der Waals surface area contributed by atoms with Gasteiger partial charge in [0.2, 0.25) is 0 Å². The fraction of sp³-hybridized carbons (Fsp3) is 0.385. The summed E-state index contributed by atoms with van der Waals surface area (Å²) in [5.74, 6) is -0.307. The molecule has 0 spiro atoms. The molecule has 0 bridgehead atoms. The summed E-state index contributed by atoms with van der Waals surface area (Å²) in [6.07, 6.45) is 4.88. The highest BCUT2D eigenvalue weighted by Crippen LogP contribution is 2.38. The Morgan fingerprint density at radius 3 is 2.50 bits per heavy atom. The van der Waals surface area contributed by atoms with Crippen LogP contribution in [0.5, 0.6) is 0 Å². The summed E-state index contributed by atoms with van der Waals surface area (Å²) < 4.78 is 0. The van der Waals surface area contributed by atoms with Crippen LogP contribution in [0.25, 0.3) is 5.57 Å². The van der Waals surface area contributed by atoms with Crippen molar-refractivity contribution in [3.05, 3.63) is 70.4 Å². The summed E-state index contributed by atoms with van der Waals surface area (Å²) in [5, 5.41) is 0. The second-order valence-electron chi connectivity index (χ2n) is 8.38. The molecule has 0 aromatic heterocycles. The van der Waals surface area contributed by atoms with Gasteiger partial charge in [0.05, 0.1) is 5.57 Å². The van der Waals surface area contributed by atoms with Gasteiger partial charge >= 0.3 is 0 Å². The van der Waals surface area contributed by atoms with E-state index in [4.69, 9.17) is 0 Å². The third kappa shape index (κ3) is 3.55. The summed E-state index contributed by atoms with van der Waals surface area (Å²) in [4.78, 5) is 30.6. The van der Waals surface area contributed by atoms with Gasteiger partial charge < -0.3 is 4.90 Å². The fourth-order valence-corrected chi connectivity index (χ4v) is 4.46. The van der Waals surface area contributed by atoms with E-state index in [0.717, 1.165) is 55.5 Å². The van der Waals surface area contributed by atoms with Crippen molar-refractivity contribution in [1.29, 1.82) is 0 Å². The molecular formula is C26H30N2O2. The van der Waals surface area contributed by atoms with Crippen LogP contribution in [-0.4, -0.2) is 29.8 Å². The number of anilines is 1. The molecule has 4 heteroatoms. The Balaban J connectivity index is 1.83. The number of rotatable bonds is 6. The summed E-state index contributed by atoms with van der Waals surface area (Å²) in [6, 6.07) is 14.3. The maximum atomic E-state index is 13.6. The van der Waals surface area contributed by atoms with Gasteiger partial charge in [0.25, 0.3) is 11.8 Å². The molecule has 0 fully saturated rings. The number of unbranched alkanes of at least 4 members (excludes halogenated alkanes) is 2. The Hall–Kier alpha value is -2.88. The minimum Gasteiger partial charge on any atom is -0.336 e. The lowest BCUT2D eigenvalue weighted by atomic mass is 9.97. The first kappa shape index (κ1) is 20.4. The Bertz CT molecular complexity index is 1020. The number of para-hydroxylation sites is 1. The average molecular weight is 403 g/mol. The van der Waals surface area contributed by atoms with E-state index in [1.54, 1.807) is 0 Å². The Kier molecular flexibility index (Phi) is 5.76. The number of imide groups is 1. The SMILES string of the molecule is CCCCCN1C(=O)C(c2ccc(C)c(C)c2)=C(N2CCCc3ccccc32)C1=O. The Morgan fingerprint density at radius 2 is 1.73 bits per heavy atom. The fourth-order valence-electron chi connectivity index (χ4n) is 4.46. The van der Waals surface area contributed by atoms with Crippen LogP contribution in [0, 0.1) is 13.8 Å². The number of benzene rings is 2. The van der Waals surface area contributed by atoms with Crippen molar-refractivity contribution in [3.63, 3.8) is 0 Å². The average Bonchev–Trinajstić information content (AvgIpc) is 3.00. The van der Waals surface area contributed by atoms with Crippen molar-refractivity contribution < 1.29 is 9.59 Å². The quantitative estimate of drug-likeness (QED) is 0.503. The van der Waals surface area contributed by atoms with Crippen LogP contribution in [0.2, 0.25) is 0 Å². The van der Waals surface area contributed by atoms with Gasteiger partial charge in [-0.15, -0.1) is 0 Å². The lowest BCUT2D eigenvalue weighted by molar-refractivity contribution is -0.137. The number of hydrogen-bond donors (Lipinski definition) is 0. The first-order valence-corrected chi connectivity index (χ1v) is 11.1. The van der Waals surface area contributed by atoms with Gasteiger partial charge in [-0.2, -0.15) is 0 Å². The number of amides is 2. The van der Waals surface area contributed by atoms with Crippen LogP contribution in [0.3, 0.4) is 0 Å². The van der Waals surface area contributed by atoms with Crippen LogP contribution < -0.4 is 4.90 Å². The van der Waals surface area contributed by atoms with E-state index in [0.29, 0.717) is 17.8 Å². The number of nitrogens with zero attached hydrogens (tertiary/aromatic N) is 2. The molecule has 4 rings (SSSR count). The molecular weight excluding hydrogens is 372 g/mol. The zero-order chi connectivity index (χ0) is 21.3. The van der Waals surface area contributed by atoms with Gasteiger partial charge in [0.15, 0.2) is 0 Å². The number of hydrogen-bond acceptors (Lipinski definition) is 3. The van der Waals surface area contributed by atoms with E-state index < -0.39 is 0 Å². The molecule has 0 saturated heterocycles. The molecule has 2 aromatic rings. The van der Waals surface area contributed by atoms with Crippen molar-refractivity contribution in [1.82, 2.24) is 4.90 Å². The molecule has 30 heavy (non-hydrogen) atoms. The zero-order valence-electron chi connectivity index (χ0n) is 18.2. The van der Waals surface area contributed by atoms with Crippen molar-refractivity contribution >= 4 is 23.1 Å². The smallest absolute Gasteiger partial charge is 0.278 e. The largest absolute Gasteiger partial charge is 0.336 e. The van der Waals surface area contributed by atoms with Crippen molar-refractivity contribution in [2.75, 3.05) is 18.0 Å². The molecule has 0 unspecified atom stereocenters.